The highest BCUT2D eigenvalue weighted by Gasteiger charge is 2.04. The lowest BCUT2D eigenvalue weighted by Gasteiger charge is -1.94. The van der Waals surface area contributed by atoms with E-state index in [2.05, 4.69) is 0 Å². The van der Waals surface area contributed by atoms with E-state index in [-0.39, 0.29) is 16.1 Å². The average molecular weight is 313 g/mol. The summed E-state index contributed by atoms with van der Waals surface area (Å²) in [5.41, 5.74) is 0.358. The molecule has 2 aromatic carbocycles. The van der Waals surface area contributed by atoms with Crippen LogP contribution in [0.4, 0.5) is 0 Å². The summed E-state index contributed by atoms with van der Waals surface area (Å²) in [6.45, 7) is 0. The van der Waals surface area contributed by atoms with E-state index < -0.39 is 11.9 Å². The van der Waals surface area contributed by atoms with Gasteiger partial charge in [0.15, 0.2) is 0 Å². The first-order valence-electron chi connectivity index (χ1n) is 5.38. The van der Waals surface area contributed by atoms with Crippen molar-refractivity contribution in [2.24, 2.45) is 0 Å². The molecule has 0 radical (unpaired) electrons. The average Bonchev–Trinajstić information content (AvgIpc) is 2.39. The monoisotopic (exact) mass is 312 g/mol. The first-order chi connectivity index (χ1) is 9.41. The minimum Gasteiger partial charge on any atom is -0.478 e. The Morgan fingerprint density at radius 3 is 1.90 bits per heavy atom. The summed E-state index contributed by atoms with van der Waals surface area (Å²) in [6, 6.07) is 12.5. The Balaban J connectivity index is 0.000000200. The van der Waals surface area contributed by atoms with Crippen molar-refractivity contribution in [3.63, 3.8) is 0 Å². The molecular weight excluding hydrogens is 303 g/mol. The standard InChI is InChI=1S/2C7H5ClO2/c8-6-3-1-2-5(4-6)7(9)10;8-6-4-2-1-3-5(6)7(9)10/h2*1-4H,(H,9,10). The molecule has 6 heteroatoms. The van der Waals surface area contributed by atoms with Gasteiger partial charge in [-0.15, -0.1) is 0 Å². The topological polar surface area (TPSA) is 74.6 Å². The first-order valence-corrected chi connectivity index (χ1v) is 6.14. The number of rotatable bonds is 2. The molecule has 2 rings (SSSR count). The van der Waals surface area contributed by atoms with Crippen LogP contribution >= 0.6 is 23.2 Å². The SMILES string of the molecule is O=C(O)c1cccc(Cl)c1.O=C(O)c1ccccc1Cl. The van der Waals surface area contributed by atoms with Crippen molar-refractivity contribution in [2.45, 2.75) is 0 Å². The number of carbonyl (C=O) groups is 2. The Morgan fingerprint density at radius 2 is 1.50 bits per heavy atom. The van der Waals surface area contributed by atoms with Gasteiger partial charge >= 0.3 is 11.9 Å². The maximum absolute atomic E-state index is 10.3. The summed E-state index contributed by atoms with van der Waals surface area (Å²) >= 11 is 11.1. The molecule has 0 saturated heterocycles. The van der Waals surface area contributed by atoms with E-state index in [1.165, 1.54) is 18.2 Å². The Morgan fingerprint density at radius 1 is 0.850 bits per heavy atom. The Hall–Kier alpha value is -2.04. The van der Waals surface area contributed by atoms with Crippen molar-refractivity contribution in [1.29, 1.82) is 0 Å². The third kappa shape index (κ3) is 4.91. The van der Waals surface area contributed by atoms with Gasteiger partial charge in [-0.25, -0.2) is 9.59 Å². The highest BCUT2D eigenvalue weighted by molar-refractivity contribution is 6.33. The summed E-state index contributed by atoms with van der Waals surface area (Å²) < 4.78 is 0. The van der Waals surface area contributed by atoms with Crippen LogP contribution in [0.3, 0.4) is 0 Å². The lowest BCUT2D eigenvalue weighted by atomic mass is 10.2. The fraction of sp³-hybridized carbons (Fsp3) is 0. The molecule has 2 aromatic rings. The van der Waals surface area contributed by atoms with Gasteiger partial charge in [0.25, 0.3) is 0 Å². The molecule has 0 aliphatic rings. The van der Waals surface area contributed by atoms with Crippen LogP contribution in [0, 0.1) is 0 Å². The molecule has 0 bridgehead atoms. The first kappa shape index (κ1) is 16.0. The van der Waals surface area contributed by atoms with E-state index in [4.69, 9.17) is 33.4 Å². The Kier molecular flexibility index (Phi) is 6.03. The van der Waals surface area contributed by atoms with E-state index in [9.17, 15) is 9.59 Å². The van der Waals surface area contributed by atoms with Crippen molar-refractivity contribution in [3.8, 4) is 0 Å². The number of hydrogen-bond acceptors (Lipinski definition) is 2. The molecule has 0 unspecified atom stereocenters. The Bertz CT molecular complexity index is 626. The Labute approximate surface area is 125 Å². The van der Waals surface area contributed by atoms with E-state index in [0.29, 0.717) is 5.02 Å². The zero-order valence-electron chi connectivity index (χ0n) is 10.1. The van der Waals surface area contributed by atoms with Crippen molar-refractivity contribution < 1.29 is 19.8 Å². The number of carboxylic acid groups (broad SMARTS) is 2. The summed E-state index contributed by atoms with van der Waals surface area (Å²) in [5.74, 6) is -1.95. The molecule has 0 saturated carbocycles. The van der Waals surface area contributed by atoms with Gasteiger partial charge in [0.1, 0.15) is 0 Å². The summed E-state index contributed by atoms with van der Waals surface area (Å²) in [7, 11) is 0. The molecule has 2 N–H and O–H groups in total. The number of aromatic carboxylic acids is 2. The summed E-state index contributed by atoms with van der Waals surface area (Å²) in [5, 5.41) is 17.6. The van der Waals surface area contributed by atoms with Crippen LogP contribution in [0.25, 0.3) is 0 Å². The molecule has 0 aliphatic carbocycles. The molecule has 0 amide bonds. The van der Waals surface area contributed by atoms with Crippen LogP contribution in [-0.2, 0) is 0 Å². The van der Waals surface area contributed by atoms with Gasteiger partial charge in [-0.05, 0) is 30.3 Å². The number of halogens is 2. The minimum absolute atomic E-state index is 0.143. The van der Waals surface area contributed by atoms with E-state index in [1.807, 2.05) is 0 Å². The van der Waals surface area contributed by atoms with Gasteiger partial charge in [-0.1, -0.05) is 41.4 Å². The zero-order chi connectivity index (χ0) is 15.1. The second kappa shape index (κ2) is 7.53. The van der Waals surface area contributed by atoms with Crippen LogP contribution in [0.1, 0.15) is 20.7 Å². The van der Waals surface area contributed by atoms with E-state index >= 15 is 0 Å². The second-order valence-corrected chi connectivity index (χ2v) is 4.44. The molecule has 0 aromatic heterocycles. The maximum Gasteiger partial charge on any atom is 0.337 e. The van der Waals surface area contributed by atoms with Crippen molar-refractivity contribution in [2.75, 3.05) is 0 Å². The lowest BCUT2D eigenvalue weighted by Crippen LogP contribution is -1.95. The third-order valence-electron chi connectivity index (χ3n) is 2.18. The van der Waals surface area contributed by atoms with Crippen LogP contribution < -0.4 is 0 Å². The molecule has 0 fully saturated rings. The molecule has 4 nitrogen and oxygen atoms in total. The highest BCUT2D eigenvalue weighted by Crippen LogP contribution is 2.13. The highest BCUT2D eigenvalue weighted by atomic mass is 35.5. The van der Waals surface area contributed by atoms with Gasteiger partial charge < -0.3 is 10.2 Å². The molecule has 104 valence electrons. The maximum atomic E-state index is 10.3. The fourth-order valence-corrected chi connectivity index (χ4v) is 1.66. The number of carboxylic acids is 2. The molecule has 0 heterocycles. The normalized spacial score (nSPS) is 9.30. The molecule has 0 spiro atoms. The van der Waals surface area contributed by atoms with Crippen molar-refractivity contribution in [3.05, 3.63) is 69.7 Å². The van der Waals surface area contributed by atoms with E-state index in [0.717, 1.165) is 0 Å². The predicted molar refractivity (Wildman–Crippen MR) is 76.8 cm³/mol. The molecule has 0 atom stereocenters. The van der Waals surface area contributed by atoms with E-state index in [1.54, 1.807) is 30.3 Å². The quantitative estimate of drug-likeness (QED) is 0.876. The third-order valence-corrected chi connectivity index (χ3v) is 2.74. The molecule has 0 aliphatic heterocycles. The van der Waals surface area contributed by atoms with Crippen LogP contribution in [-0.4, -0.2) is 22.2 Å². The number of hydrogen-bond donors (Lipinski definition) is 2. The van der Waals surface area contributed by atoms with Crippen LogP contribution in [0.5, 0.6) is 0 Å². The van der Waals surface area contributed by atoms with Gasteiger partial charge in [-0.3, -0.25) is 0 Å². The van der Waals surface area contributed by atoms with Gasteiger partial charge in [0.05, 0.1) is 16.1 Å². The lowest BCUT2D eigenvalue weighted by molar-refractivity contribution is 0.0686. The fourth-order valence-electron chi connectivity index (χ4n) is 1.26. The number of benzene rings is 2. The largest absolute Gasteiger partial charge is 0.478 e. The smallest absolute Gasteiger partial charge is 0.337 e. The zero-order valence-corrected chi connectivity index (χ0v) is 11.6. The summed E-state index contributed by atoms with van der Waals surface area (Å²) in [6.07, 6.45) is 0. The summed E-state index contributed by atoms with van der Waals surface area (Å²) in [4.78, 5) is 20.6. The van der Waals surface area contributed by atoms with Crippen LogP contribution in [0.2, 0.25) is 10.0 Å². The molecular formula is C14H10Cl2O4. The van der Waals surface area contributed by atoms with Crippen molar-refractivity contribution >= 4 is 35.1 Å². The van der Waals surface area contributed by atoms with Gasteiger partial charge in [0, 0.05) is 5.02 Å². The van der Waals surface area contributed by atoms with Crippen LogP contribution in [0.15, 0.2) is 48.5 Å². The minimum atomic E-state index is -0.995. The second-order valence-electron chi connectivity index (χ2n) is 3.60. The van der Waals surface area contributed by atoms with Gasteiger partial charge in [-0.2, -0.15) is 0 Å². The van der Waals surface area contributed by atoms with Gasteiger partial charge in [0.2, 0.25) is 0 Å². The van der Waals surface area contributed by atoms with Crippen molar-refractivity contribution in [1.82, 2.24) is 0 Å². The predicted octanol–water partition coefficient (Wildman–Crippen LogP) is 4.08. The molecule has 20 heavy (non-hydrogen) atoms.